The Morgan fingerprint density at radius 3 is 1.72 bits per heavy atom. The van der Waals surface area contributed by atoms with Gasteiger partial charge in [0.15, 0.2) is 5.58 Å². The van der Waals surface area contributed by atoms with Gasteiger partial charge in [0.05, 0.1) is 27.7 Å². The second-order valence-electron chi connectivity index (χ2n) is 15.0. The van der Waals surface area contributed by atoms with E-state index in [4.69, 9.17) is 4.42 Å². The average Bonchev–Trinajstić information content (AvgIpc) is 3.96. The van der Waals surface area contributed by atoms with Crippen molar-refractivity contribution in [1.82, 2.24) is 4.57 Å². The maximum Gasteiger partial charge on any atom is 0.159 e. The summed E-state index contributed by atoms with van der Waals surface area (Å²) in [5.74, 6) is 0. The predicted molar refractivity (Wildman–Crippen MR) is 257 cm³/mol. The molecule has 0 aliphatic heterocycles. The van der Waals surface area contributed by atoms with Gasteiger partial charge in [0.2, 0.25) is 0 Å². The van der Waals surface area contributed by atoms with Gasteiger partial charge in [-0.2, -0.15) is 0 Å². The summed E-state index contributed by atoms with van der Waals surface area (Å²) in [6.07, 6.45) is 0. The molecule has 0 spiro atoms. The molecule has 61 heavy (non-hydrogen) atoms. The van der Waals surface area contributed by atoms with Gasteiger partial charge in [-0.05, 0) is 99.2 Å². The molecule has 3 heteroatoms. The second-order valence-corrected chi connectivity index (χ2v) is 15.0. The first-order valence-electron chi connectivity index (χ1n) is 24.2. The van der Waals surface area contributed by atoms with Crippen LogP contribution in [0.1, 0.15) is 11.0 Å². The molecule has 0 amide bonds. The Morgan fingerprint density at radius 2 is 1.03 bits per heavy atom. The molecule has 0 N–H and O–H groups in total. The summed E-state index contributed by atoms with van der Waals surface area (Å²) < 4.78 is 85.5. The molecule has 0 saturated heterocycles. The van der Waals surface area contributed by atoms with Gasteiger partial charge in [-0.25, -0.2) is 0 Å². The van der Waals surface area contributed by atoms with Crippen molar-refractivity contribution in [3.8, 4) is 39.1 Å². The topological polar surface area (TPSA) is 21.3 Å². The lowest BCUT2D eigenvalue weighted by molar-refractivity contribution is 0.669. The van der Waals surface area contributed by atoms with E-state index < -0.39 is 18.1 Å². The number of hydrogen-bond donors (Lipinski definition) is 0. The van der Waals surface area contributed by atoms with Crippen molar-refractivity contribution in [2.45, 2.75) is 0 Å². The highest BCUT2D eigenvalue weighted by Crippen LogP contribution is 2.46. The van der Waals surface area contributed by atoms with Crippen LogP contribution in [0.5, 0.6) is 0 Å². The van der Waals surface area contributed by atoms with Gasteiger partial charge < -0.3 is 13.9 Å². The molecule has 12 rings (SSSR count). The molecule has 0 saturated carbocycles. The third kappa shape index (κ3) is 5.82. The SMILES string of the molecule is [2H]c1c([2H])c([2H])c2c(oc3c([2H])c([2H])c4c([2H])c([2H])c(-c5cccc6c7ccccc7n(-c7ccccc7)c56)c([2H])c4c32)c1N(c1ccc(-c2ccccc2)cc1)c1ccc(-c2ccccc2)cc1. The zero-order valence-electron chi connectivity index (χ0n) is 40.6. The summed E-state index contributed by atoms with van der Waals surface area (Å²) in [5, 5.41) is 1.98. The van der Waals surface area contributed by atoms with Crippen LogP contribution in [0.2, 0.25) is 0 Å². The molecule has 286 valence electrons. The van der Waals surface area contributed by atoms with Gasteiger partial charge in [0, 0.05) is 44.2 Å². The fraction of sp³-hybridized carbons (Fsp3) is 0. The standard InChI is InChI=1S/C58H38N2O/c1-4-14-39(15-5-1)41-28-33-46(34-29-41)59(47-35-30-42(31-36-47)40-16-6-2-7-17-40)54-25-13-23-51-56-52-38-44(27-26-43(52)32-37-55(56)61-58(51)54)48-21-12-22-50-49-20-10-11-24-53(49)60(57(48)50)45-18-8-3-9-19-45/h1-38H/i13D,23D,25D,26D,27D,32D,37D,38D. The fourth-order valence-corrected chi connectivity index (χ4v) is 8.69. The summed E-state index contributed by atoms with van der Waals surface area (Å²) >= 11 is 0. The molecule has 2 aromatic heterocycles. The highest BCUT2D eigenvalue weighted by atomic mass is 16.3. The molecular weight excluding hydrogens is 741 g/mol. The molecule has 0 fully saturated rings. The predicted octanol–water partition coefficient (Wildman–Crippen LogP) is 16.3. The number of furan rings is 1. The quantitative estimate of drug-likeness (QED) is 0.160. The van der Waals surface area contributed by atoms with E-state index in [1.165, 1.54) is 0 Å². The lowest BCUT2D eigenvalue weighted by atomic mass is 9.96. The molecule has 0 aliphatic rings. The van der Waals surface area contributed by atoms with Crippen LogP contribution in [0, 0.1) is 0 Å². The molecule has 3 nitrogen and oxygen atoms in total. The van der Waals surface area contributed by atoms with Crippen molar-refractivity contribution in [3.63, 3.8) is 0 Å². The summed E-state index contributed by atoms with van der Waals surface area (Å²) in [5.41, 5.74) is 8.43. The molecule has 2 heterocycles. The summed E-state index contributed by atoms with van der Waals surface area (Å²) in [7, 11) is 0. The lowest BCUT2D eigenvalue weighted by Crippen LogP contribution is -2.10. The van der Waals surface area contributed by atoms with Crippen LogP contribution in [0.25, 0.3) is 93.6 Å². The molecular formula is C58H38N2O. The largest absolute Gasteiger partial charge is 0.454 e. The third-order valence-corrected chi connectivity index (χ3v) is 11.5. The number of nitrogens with zero attached hydrogens (tertiary/aromatic N) is 2. The smallest absolute Gasteiger partial charge is 0.159 e. The van der Waals surface area contributed by atoms with Crippen LogP contribution >= 0.6 is 0 Å². The molecule has 0 atom stereocenters. The molecule has 10 aromatic carbocycles. The Labute approximate surface area is 364 Å². The number of para-hydroxylation sites is 4. The first kappa shape index (κ1) is 27.5. The minimum Gasteiger partial charge on any atom is -0.454 e. The van der Waals surface area contributed by atoms with Crippen LogP contribution in [0.15, 0.2) is 235 Å². The normalized spacial score (nSPS) is 13.4. The van der Waals surface area contributed by atoms with E-state index in [1.807, 2.05) is 187 Å². The van der Waals surface area contributed by atoms with Crippen LogP contribution in [0.3, 0.4) is 0 Å². The van der Waals surface area contributed by atoms with Crippen LogP contribution < -0.4 is 4.90 Å². The molecule has 0 unspecified atom stereocenters. The zero-order valence-corrected chi connectivity index (χ0v) is 32.6. The van der Waals surface area contributed by atoms with E-state index in [1.54, 1.807) is 0 Å². The van der Waals surface area contributed by atoms with Gasteiger partial charge >= 0.3 is 0 Å². The number of hydrogen-bond acceptors (Lipinski definition) is 2. The van der Waals surface area contributed by atoms with Gasteiger partial charge in [-0.1, -0.05) is 170 Å². The second kappa shape index (κ2) is 14.3. The summed E-state index contributed by atoms with van der Waals surface area (Å²) in [6, 6.07) is 56.5. The van der Waals surface area contributed by atoms with E-state index in [-0.39, 0.29) is 74.2 Å². The maximum atomic E-state index is 10.2. The van der Waals surface area contributed by atoms with E-state index in [0.717, 1.165) is 49.7 Å². The van der Waals surface area contributed by atoms with E-state index in [9.17, 15) is 11.0 Å². The van der Waals surface area contributed by atoms with E-state index in [2.05, 4.69) is 4.57 Å². The van der Waals surface area contributed by atoms with E-state index >= 15 is 0 Å². The van der Waals surface area contributed by atoms with Gasteiger partial charge in [0.25, 0.3) is 0 Å². The Hall–Kier alpha value is -8.14. The van der Waals surface area contributed by atoms with Crippen LogP contribution in [-0.2, 0) is 0 Å². The number of rotatable bonds is 7. The number of benzene rings is 10. The molecule has 0 bridgehead atoms. The van der Waals surface area contributed by atoms with Crippen molar-refractivity contribution < 1.29 is 15.4 Å². The third-order valence-electron chi connectivity index (χ3n) is 11.5. The summed E-state index contributed by atoms with van der Waals surface area (Å²) in [4.78, 5) is 1.81. The first-order chi connectivity index (χ1) is 33.6. The monoisotopic (exact) mass is 786 g/mol. The van der Waals surface area contributed by atoms with Gasteiger partial charge in [-0.3, -0.25) is 0 Å². The zero-order chi connectivity index (χ0) is 47.2. The van der Waals surface area contributed by atoms with Crippen molar-refractivity contribution in [1.29, 1.82) is 0 Å². The minimum absolute atomic E-state index is 0.0180. The Morgan fingerprint density at radius 1 is 0.443 bits per heavy atom. The minimum atomic E-state index is -0.409. The van der Waals surface area contributed by atoms with Gasteiger partial charge in [0.1, 0.15) is 5.58 Å². The Kier molecular flexibility index (Phi) is 6.45. The molecule has 12 aromatic rings. The number of anilines is 3. The Balaban J connectivity index is 1.17. The number of fused-ring (bicyclic) bond motifs is 8. The van der Waals surface area contributed by atoms with Crippen LogP contribution in [-0.4, -0.2) is 4.57 Å². The molecule has 0 aliphatic carbocycles. The highest BCUT2D eigenvalue weighted by molar-refractivity contribution is 6.22. The summed E-state index contributed by atoms with van der Waals surface area (Å²) in [6.45, 7) is 0. The van der Waals surface area contributed by atoms with Gasteiger partial charge in [-0.15, -0.1) is 0 Å². The van der Waals surface area contributed by atoms with Crippen molar-refractivity contribution in [2.24, 2.45) is 0 Å². The van der Waals surface area contributed by atoms with Crippen molar-refractivity contribution in [2.75, 3.05) is 4.90 Å². The first-order valence-corrected chi connectivity index (χ1v) is 20.2. The number of aromatic nitrogens is 1. The van der Waals surface area contributed by atoms with E-state index in [0.29, 0.717) is 16.9 Å². The average molecular weight is 787 g/mol. The molecule has 0 radical (unpaired) electrons. The van der Waals surface area contributed by atoms with Crippen molar-refractivity contribution in [3.05, 3.63) is 230 Å². The van der Waals surface area contributed by atoms with Crippen molar-refractivity contribution >= 4 is 71.6 Å². The van der Waals surface area contributed by atoms with Crippen LogP contribution in [0.4, 0.5) is 17.1 Å². The lowest BCUT2D eigenvalue weighted by Gasteiger charge is -2.26. The maximum absolute atomic E-state index is 10.2. The Bertz CT molecular complexity index is 3940. The highest BCUT2D eigenvalue weighted by Gasteiger charge is 2.22. The fourth-order valence-electron chi connectivity index (χ4n) is 8.69.